The highest BCUT2D eigenvalue weighted by Crippen LogP contribution is 2.44. The second kappa shape index (κ2) is 9.05. The van der Waals surface area contributed by atoms with Gasteiger partial charge in [0.2, 0.25) is 0 Å². The Morgan fingerprint density at radius 3 is 1.86 bits per heavy atom. The van der Waals surface area contributed by atoms with Crippen LogP contribution < -0.4 is 0 Å². The van der Waals surface area contributed by atoms with Crippen molar-refractivity contribution in [2.45, 2.75) is 59.2 Å². The SMILES string of the molecule is Cc1ccc(S(=O)(=O)C2C[C@H]3OC(=O)N(Cc4ccccc4)[C@H]3C2S(=O)(=O)c2ccc(C)cc2)cc1. The molecular formula is C27H27NO6S2. The molecule has 1 aliphatic carbocycles. The normalized spacial score (nSPS) is 23.9. The molecule has 1 aliphatic heterocycles. The first-order valence-corrected chi connectivity index (χ1v) is 14.8. The van der Waals surface area contributed by atoms with Gasteiger partial charge in [0.05, 0.1) is 21.1 Å². The number of nitrogens with zero attached hydrogens (tertiary/aromatic N) is 1. The molecule has 2 fully saturated rings. The van der Waals surface area contributed by atoms with Gasteiger partial charge in [-0.25, -0.2) is 21.6 Å². The van der Waals surface area contributed by atoms with Gasteiger partial charge in [-0.3, -0.25) is 4.90 Å². The van der Waals surface area contributed by atoms with E-state index in [1.165, 1.54) is 29.2 Å². The highest BCUT2D eigenvalue weighted by Gasteiger charge is 2.62. The minimum atomic E-state index is -4.16. The molecule has 3 aromatic rings. The second-order valence-corrected chi connectivity index (χ2v) is 13.8. The zero-order chi connectivity index (χ0) is 25.7. The summed E-state index contributed by atoms with van der Waals surface area (Å²) in [6, 6.07) is 21.0. The fourth-order valence-electron chi connectivity index (χ4n) is 5.17. The minimum Gasteiger partial charge on any atom is -0.444 e. The molecule has 0 bridgehead atoms. The molecule has 1 heterocycles. The van der Waals surface area contributed by atoms with Crippen molar-refractivity contribution in [3.63, 3.8) is 0 Å². The summed E-state index contributed by atoms with van der Waals surface area (Å²) in [6.45, 7) is 3.82. The van der Waals surface area contributed by atoms with E-state index in [0.29, 0.717) is 0 Å². The van der Waals surface area contributed by atoms with E-state index in [0.717, 1.165) is 16.7 Å². The number of hydrogen-bond acceptors (Lipinski definition) is 6. The number of carbonyl (C=O) groups excluding carboxylic acids is 1. The van der Waals surface area contributed by atoms with Gasteiger partial charge in [0.15, 0.2) is 19.7 Å². The highest BCUT2D eigenvalue weighted by atomic mass is 32.2. The Bertz CT molecular complexity index is 1480. The lowest BCUT2D eigenvalue weighted by atomic mass is 10.1. The largest absolute Gasteiger partial charge is 0.444 e. The number of hydrogen-bond donors (Lipinski definition) is 0. The van der Waals surface area contributed by atoms with Crippen LogP contribution in [0.5, 0.6) is 0 Å². The lowest BCUT2D eigenvalue weighted by Crippen LogP contribution is -2.49. The second-order valence-electron chi connectivity index (χ2n) is 9.48. The Labute approximate surface area is 211 Å². The average molecular weight is 526 g/mol. The van der Waals surface area contributed by atoms with Gasteiger partial charge < -0.3 is 4.74 Å². The van der Waals surface area contributed by atoms with Crippen LogP contribution in [0.4, 0.5) is 4.79 Å². The van der Waals surface area contributed by atoms with Gasteiger partial charge in [-0.05, 0) is 43.7 Å². The maximum absolute atomic E-state index is 14.1. The topological polar surface area (TPSA) is 97.8 Å². The number of aryl methyl sites for hydroxylation is 2. The van der Waals surface area contributed by atoms with Crippen molar-refractivity contribution in [1.29, 1.82) is 0 Å². The maximum Gasteiger partial charge on any atom is 0.410 e. The number of carbonyl (C=O) groups is 1. The zero-order valence-electron chi connectivity index (χ0n) is 19.9. The number of rotatable bonds is 6. The number of sulfone groups is 2. The summed E-state index contributed by atoms with van der Waals surface area (Å²) in [6.07, 6.45) is -1.57. The van der Waals surface area contributed by atoms with Gasteiger partial charge in [-0.1, -0.05) is 65.7 Å². The summed E-state index contributed by atoms with van der Waals surface area (Å²) in [4.78, 5) is 14.3. The smallest absolute Gasteiger partial charge is 0.410 e. The van der Waals surface area contributed by atoms with Crippen LogP contribution >= 0.6 is 0 Å². The van der Waals surface area contributed by atoms with E-state index in [1.807, 2.05) is 44.2 Å². The van der Waals surface area contributed by atoms with Crippen molar-refractivity contribution in [2.75, 3.05) is 0 Å². The van der Waals surface area contributed by atoms with Crippen LogP contribution in [-0.2, 0) is 31.0 Å². The van der Waals surface area contributed by atoms with E-state index in [1.54, 1.807) is 24.3 Å². The quantitative estimate of drug-likeness (QED) is 0.481. The number of amides is 1. The molecule has 0 spiro atoms. The van der Waals surface area contributed by atoms with Crippen LogP contribution in [0.3, 0.4) is 0 Å². The third-order valence-corrected chi connectivity index (χ3v) is 11.7. The molecule has 2 aliphatic rings. The van der Waals surface area contributed by atoms with Crippen molar-refractivity contribution in [3.05, 3.63) is 95.6 Å². The summed E-state index contributed by atoms with van der Waals surface area (Å²) in [5.41, 5.74) is 2.57. The Balaban J connectivity index is 1.62. The van der Waals surface area contributed by atoms with E-state index in [-0.39, 0.29) is 22.8 Å². The first-order valence-electron chi connectivity index (χ1n) is 11.7. The number of benzene rings is 3. The summed E-state index contributed by atoms with van der Waals surface area (Å²) in [5, 5.41) is -2.65. The van der Waals surface area contributed by atoms with Crippen molar-refractivity contribution in [1.82, 2.24) is 4.90 Å². The summed E-state index contributed by atoms with van der Waals surface area (Å²) in [7, 11) is -8.22. The molecule has 3 aromatic carbocycles. The Kier molecular flexibility index (Phi) is 6.16. The molecule has 1 saturated heterocycles. The lowest BCUT2D eigenvalue weighted by molar-refractivity contribution is 0.130. The third-order valence-electron chi connectivity index (χ3n) is 7.05. The predicted octanol–water partition coefficient (Wildman–Crippen LogP) is 4.08. The first-order chi connectivity index (χ1) is 17.1. The van der Waals surface area contributed by atoms with Gasteiger partial charge in [0.25, 0.3) is 0 Å². The van der Waals surface area contributed by atoms with Crippen LogP contribution in [0.25, 0.3) is 0 Å². The average Bonchev–Trinajstić information content (AvgIpc) is 3.37. The molecular weight excluding hydrogens is 498 g/mol. The van der Waals surface area contributed by atoms with Crippen LogP contribution in [0, 0.1) is 13.8 Å². The van der Waals surface area contributed by atoms with E-state index in [2.05, 4.69) is 0 Å². The van der Waals surface area contributed by atoms with E-state index in [4.69, 9.17) is 4.74 Å². The Morgan fingerprint density at radius 2 is 1.31 bits per heavy atom. The molecule has 7 nitrogen and oxygen atoms in total. The van der Waals surface area contributed by atoms with E-state index >= 15 is 0 Å². The van der Waals surface area contributed by atoms with Gasteiger partial charge >= 0.3 is 6.09 Å². The van der Waals surface area contributed by atoms with Crippen molar-refractivity contribution < 1.29 is 26.4 Å². The predicted molar refractivity (Wildman–Crippen MR) is 135 cm³/mol. The molecule has 0 radical (unpaired) electrons. The number of ether oxygens (including phenoxy) is 1. The first kappa shape index (κ1) is 24.5. The molecule has 188 valence electrons. The highest BCUT2D eigenvalue weighted by molar-refractivity contribution is 7.96. The molecule has 0 aromatic heterocycles. The summed E-state index contributed by atoms with van der Waals surface area (Å²) < 4.78 is 61.4. The van der Waals surface area contributed by atoms with Crippen molar-refractivity contribution in [3.8, 4) is 0 Å². The van der Waals surface area contributed by atoms with E-state index in [9.17, 15) is 21.6 Å². The summed E-state index contributed by atoms with van der Waals surface area (Å²) >= 11 is 0. The fraction of sp³-hybridized carbons (Fsp3) is 0.296. The van der Waals surface area contributed by atoms with E-state index < -0.39 is 48.4 Å². The standard InChI is InChI=1S/C27H27NO6S2/c1-18-8-12-21(13-9-18)35(30,31)24-16-23-25(26(24)36(32,33)22-14-10-19(2)11-15-22)28(27(29)34-23)17-20-6-4-3-5-7-20/h3-15,23-26H,16-17H2,1-2H3/t23-,24?,25-,26?/m1/s1. The van der Waals surface area contributed by atoms with Crippen LogP contribution in [0.15, 0.2) is 88.7 Å². The Hall–Kier alpha value is -3.17. The minimum absolute atomic E-state index is 0.0295. The maximum atomic E-state index is 14.1. The fourth-order valence-corrected chi connectivity index (χ4v) is 9.90. The van der Waals surface area contributed by atoms with Crippen LogP contribution in [0.2, 0.25) is 0 Å². The number of fused-ring (bicyclic) bond motifs is 1. The molecule has 1 saturated carbocycles. The van der Waals surface area contributed by atoms with Crippen LogP contribution in [0.1, 0.15) is 23.1 Å². The lowest BCUT2D eigenvalue weighted by Gasteiger charge is -2.29. The molecule has 36 heavy (non-hydrogen) atoms. The molecule has 4 atom stereocenters. The van der Waals surface area contributed by atoms with Gasteiger partial charge in [0.1, 0.15) is 11.4 Å². The van der Waals surface area contributed by atoms with Gasteiger partial charge in [0, 0.05) is 13.0 Å². The molecule has 0 N–H and O–H groups in total. The monoisotopic (exact) mass is 525 g/mol. The molecule has 9 heteroatoms. The van der Waals surface area contributed by atoms with Gasteiger partial charge in [-0.2, -0.15) is 0 Å². The zero-order valence-corrected chi connectivity index (χ0v) is 21.6. The molecule has 1 amide bonds. The third kappa shape index (κ3) is 4.20. The Morgan fingerprint density at radius 1 is 0.778 bits per heavy atom. The van der Waals surface area contributed by atoms with Crippen molar-refractivity contribution in [2.24, 2.45) is 0 Å². The molecule has 5 rings (SSSR count). The molecule has 2 unspecified atom stereocenters. The van der Waals surface area contributed by atoms with Gasteiger partial charge in [-0.15, -0.1) is 0 Å². The van der Waals surface area contributed by atoms with Crippen LogP contribution in [-0.4, -0.2) is 50.5 Å². The summed E-state index contributed by atoms with van der Waals surface area (Å²) in [5.74, 6) is 0. The van der Waals surface area contributed by atoms with Crippen molar-refractivity contribution >= 4 is 25.8 Å².